The number of hydrogen-bond donors (Lipinski definition) is 1. The predicted octanol–water partition coefficient (Wildman–Crippen LogP) is 3.03. The van der Waals surface area contributed by atoms with Gasteiger partial charge in [-0.1, -0.05) is 48.5 Å². The molecule has 0 saturated heterocycles. The number of rotatable bonds is 6. The van der Waals surface area contributed by atoms with Gasteiger partial charge in [0.05, 0.1) is 11.6 Å². The fourth-order valence-corrected chi connectivity index (χ4v) is 2.76. The second-order valence-electron chi connectivity index (χ2n) is 6.13. The zero-order valence-electron chi connectivity index (χ0n) is 14.0. The van der Waals surface area contributed by atoms with Crippen molar-refractivity contribution in [1.82, 2.24) is 10.2 Å². The number of para-hydroxylation sites is 1. The lowest BCUT2D eigenvalue weighted by molar-refractivity contribution is 0.391. The summed E-state index contributed by atoms with van der Waals surface area (Å²) >= 11 is 0. The van der Waals surface area contributed by atoms with Gasteiger partial charge in [-0.3, -0.25) is 0 Å². The van der Waals surface area contributed by atoms with Crippen molar-refractivity contribution in [1.29, 1.82) is 0 Å². The molecule has 0 fully saturated rings. The number of hydrogen-bond acceptors (Lipinski definition) is 4. The first-order chi connectivity index (χ1) is 11.6. The Bertz CT molecular complexity index is 856. The molecule has 124 valence electrons. The molecule has 4 heteroatoms. The maximum Gasteiger partial charge on any atom is 0.341 e. The van der Waals surface area contributed by atoms with Crippen LogP contribution in [-0.4, -0.2) is 32.1 Å². The summed E-state index contributed by atoms with van der Waals surface area (Å²) in [5.74, 6) is 0. The molecule has 0 aliphatic heterocycles. The Labute approximate surface area is 141 Å². The Morgan fingerprint density at radius 2 is 1.75 bits per heavy atom. The normalized spacial score (nSPS) is 12.6. The van der Waals surface area contributed by atoms with Gasteiger partial charge in [0.2, 0.25) is 0 Å². The second-order valence-corrected chi connectivity index (χ2v) is 6.13. The van der Waals surface area contributed by atoms with E-state index in [-0.39, 0.29) is 11.7 Å². The van der Waals surface area contributed by atoms with Crippen LogP contribution in [0.4, 0.5) is 0 Å². The van der Waals surface area contributed by atoms with Crippen molar-refractivity contribution in [2.75, 3.05) is 27.2 Å². The lowest BCUT2D eigenvalue weighted by Crippen LogP contribution is -2.32. The van der Waals surface area contributed by atoms with E-state index in [0.29, 0.717) is 11.1 Å². The summed E-state index contributed by atoms with van der Waals surface area (Å²) in [6.07, 6.45) is 0. The van der Waals surface area contributed by atoms with Crippen LogP contribution in [0.25, 0.3) is 11.0 Å². The van der Waals surface area contributed by atoms with Crippen LogP contribution in [0.1, 0.15) is 17.2 Å². The average Bonchev–Trinajstić information content (AvgIpc) is 2.59. The number of benzene rings is 2. The summed E-state index contributed by atoms with van der Waals surface area (Å²) in [5.41, 5.74) is 2.02. The first-order valence-electron chi connectivity index (χ1n) is 8.11. The van der Waals surface area contributed by atoms with Gasteiger partial charge < -0.3 is 14.6 Å². The Kier molecular flexibility index (Phi) is 5.08. The van der Waals surface area contributed by atoms with Crippen molar-refractivity contribution >= 4 is 11.0 Å². The quantitative estimate of drug-likeness (QED) is 0.709. The monoisotopic (exact) mass is 322 g/mol. The highest BCUT2D eigenvalue weighted by Crippen LogP contribution is 2.22. The van der Waals surface area contributed by atoms with Gasteiger partial charge in [-0.2, -0.15) is 0 Å². The van der Waals surface area contributed by atoms with E-state index in [1.54, 1.807) is 0 Å². The van der Waals surface area contributed by atoms with Crippen molar-refractivity contribution in [2.24, 2.45) is 0 Å². The molecule has 4 nitrogen and oxygen atoms in total. The topological polar surface area (TPSA) is 45.5 Å². The lowest BCUT2D eigenvalue weighted by atomic mass is 9.99. The van der Waals surface area contributed by atoms with E-state index < -0.39 is 0 Å². The van der Waals surface area contributed by atoms with Gasteiger partial charge >= 0.3 is 5.63 Å². The summed E-state index contributed by atoms with van der Waals surface area (Å²) in [6, 6.07) is 19.3. The molecule has 2 aromatic carbocycles. The largest absolute Gasteiger partial charge is 0.422 e. The van der Waals surface area contributed by atoms with Gasteiger partial charge in [0.1, 0.15) is 5.58 Å². The molecule has 0 bridgehead atoms. The van der Waals surface area contributed by atoms with Gasteiger partial charge in [-0.15, -0.1) is 0 Å². The molecule has 3 aromatic rings. The van der Waals surface area contributed by atoms with E-state index in [4.69, 9.17) is 4.42 Å². The third kappa shape index (κ3) is 3.72. The minimum atomic E-state index is -0.292. The molecule has 3 rings (SSSR count). The first kappa shape index (κ1) is 16.4. The number of likely N-dealkylation sites (N-methyl/N-ethyl adjacent to an activating group) is 1. The van der Waals surface area contributed by atoms with Gasteiger partial charge in [-0.05, 0) is 31.8 Å². The maximum absolute atomic E-state index is 12.5. The van der Waals surface area contributed by atoms with E-state index in [0.717, 1.165) is 24.0 Å². The molecule has 1 unspecified atom stereocenters. The first-order valence-corrected chi connectivity index (χ1v) is 8.11. The van der Waals surface area contributed by atoms with Crippen molar-refractivity contribution in [3.63, 3.8) is 0 Å². The molecule has 1 N–H and O–H groups in total. The summed E-state index contributed by atoms with van der Waals surface area (Å²) in [6.45, 7) is 1.67. The van der Waals surface area contributed by atoms with Crippen LogP contribution in [0.3, 0.4) is 0 Å². The van der Waals surface area contributed by atoms with E-state index in [1.165, 1.54) is 0 Å². The van der Waals surface area contributed by atoms with Crippen LogP contribution in [0.2, 0.25) is 0 Å². The van der Waals surface area contributed by atoms with Gasteiger partial charge in [0, 0.05) is 18.5 Å². The molecule has 24 heavy (non-hydrogen) atoms. The summed E-state index contributed by atoms with van der Waals surface area (Å²) < 4.78 is 5.52. The highest BCUT2D eigenvalue weighted by Gasteiger charge is 2.18. The van der Waals surface area contributed by atoms with E-state index in [2.05, 4.69) is 10.2 Å². The van der Waals surface area contributed by atoms with Gasteiger partial charge in [0.15, 0.2) is 0 Å². The summed E-state index contributed by atoms with van der Waals surface area (Å²) in [5, 5.41) is 4.42. The standard InChI is InChI=1S/C20H22N2O2/c1-22(2)13-12-21-19(15-8-4-3-5-9-15)17-14-16-10-6-7-11-18(16)24-20(17)23/h3-11,14,19,21H,12-13H2,1-2H3. The minimum Gasteiger partial charge on any atom is -0.422 e. The van der Waals surface area contributed by atoms with E-state index >= 15 is 0 Å². The fraction of sp³-hybridized carbons (Fsp3) is 0.250. The Hall–Kier alpha value is -2.43. The smallest absolute Gasteiger partial charge is 0.341 e. The lowest BCUT2D eigenvalue weighted by Gasteiger charge is -2.20. The zero-order valence-corrected chi connectivity index (χ0v) is 14.0. The van der Waals surface area contributed by atoms with E-state index in [9.17, 15) is 4.79 Å². The molecule has 0 saturated carbocycles. The zero-order chi connectivity index (χ0) is 16.9. The van der Waals surface area contributed by atoms with Crippen molar-refractivity contribution < 1.29 is 4.42 Å². The van der Waals surface area contributed by atoms with Crippen LogP contribution in [0.15, 0.2) is 69.9 Å². The molecular weight excluding hydrogens is 300 g/mol. The van der Waals surface area contributed by atoms with Crippen LogP contribution < -0.4 is 10.9 Å². The molecule has 1 heterocycles. The third-order valence-electron chi connectivity index (χ3n) is 4.02. The Morgan fingerprint density at radius 1 is 1.04 bits per heavy atom. The average molecular weight is 322 g/mol. The molecule has 1 atom stereocenters. The van der Waals surface area contributed by atoms with Crippen LogP contribution in [0.5, 0.6) is 0 Å². The molecule has 0 aliphatic carbocycles. The fourth-order valence-electron chi connectivity index (χ4n) is 2.76. The predicted molar refractivity (Wildman–Crippen MR) is 97.3 cm³/mol. The Morgan fingerprint density at radius 3 is 2.50 bits per heavy atom. The van der Waals surface area contributed by atoms with Crippen molar-refractivity contribution in [3.05, 3.63) is 82.2 Å². The van der Waals surface area contributed by atoms with Crippen molar-refractivity contribution in [2.45, 2.75) is 6.04 Å². The molecule has 0 aliphatic rings. The summed E-state index contributed by atoms with van der Waals surface area (Å²) in [4.78, 5) is 14.6. The SMILES string of the molecule is CN(C)CCNC(c1ccccc1)c1cc2ccccc2oc1=O. The van der Waals surface area contributed by atoms with Crippen LogP contribution in [0, 0.1) is 0 Å². The minimum absolute atomic E-state index is 0.188. The number of nitrogens with one attached hydrogen (secondary N) is 1. The maximum atomic E-state index is 12.5. The van der Waals surface area contributed by atoms with Crippen LogP contribution >= 0.6 is 0 Å². The molecule has 0 spiro atoms. The highest BCUT2D eigenvalue weighted by molar-refractivity contribution is 5.76. The molecule has 0 amide bonds. The van der Waals surface area contributed by atoms with Gasteiger partial charge in [-0.25, -0.2) is 4.79 Å². The summed E-state index contributed by atoms with van der Waals surface area (Å²) in [7, 11) is 4.06. The highest BCUT2D eigenvalue weighted by atomic mass is 16.4. The van der Waals surface area contributed by atoms with E-state index in [1.807, 2.05) is 74.8 Å². The van der Waals surface area contributed by atoms with Crippen molar-refractivity contribution in [3.8, 4) is 0 Å². The van der Waals surface area contributed by atoms with Gasteiger partial charge in [0.25, 0.3) is 0 Å². The number of fused-ring (bicyclic) bond motifs is 1. The molecular formula is C20H22N2O2. The Balaban J connectivity index is 2.01. The van der Waals surface area contributed by atoms with Crippen LogP contribution in [-0.2, 0) is 0 Å². The number of nitrogens with zero attached hydrogens (tertiary/aromatic N) is 1. The molecule has 0 radical (unpaired) electrons. The second kappa shape index (κ2) is 7.43. The molecule has 1 aromatic heterocycles. The third-order valence-corrected chi connectivity index (χ3v) is 4.02.